The van der Waals surface area contributed by atoms with Crippen LogP contribution in [0.2, 0.25) is 0 Å². The van der Waals surface area contributed by atoms with E-state index in [9.17, 15) is 23.7 Å². The lowest BCUT2D eigenvalue weighted by atomic mass is 10.3. The molecule has 0 unspecified atom stereocenters. The average Bonchev–Trinajstić information content (AvgIpc) is 2.43. The zero-order chi connectivity index (χ0) is 15.2. The first-order valence-corrected chi connectivity index (χ1v) is 6.54. The molecule has 1 aromatic carbocycles. The zero-order valence-corrected chi connectivity index (χ0v) is 11.2. The molecule has 0 bridgehead atoms. The van der Waals surface area contributed by atoms with Crippen molar-refractivity contribution < 1.29 is 18.5 Å². The van der Waals surface area contributed by atoms with Crippen LogP contribution in [-0.4, -0.2) is 35.6 Å². The highest BCUT2D eigenvalue weighted by molar-refractivity contribution is 8.00. The minimum absolute atomic E-state index is 0.0543. The number of nitrogens with zero attached hydrogens (tertiary/aromatic N) is 1. The van der Waals surface area contributed by atoms with Crippen molar-refractivity contribution in [3.63, 3.8) is 0 Å². The topological polar surface area (TPSA) is 98.3 Å². The van der Waals surface area contributed by atoms with E-state index in [2.05, 4.69) is 5.32 Å². The fourth-order valence-corrected chi connectivity index (χ4v) is 1.89. The Hall–Kier alpha value is -1.74. The summed E-state index contributed by atoms with van der Waals surface area (Å²) in [6.45, 7) is -1.63. The van der Waals surface area contributed by atoms with Gasteiger partial charge in [-0.3, -0.25) is 14.9 Å². The summed E-state index contributed by atoms with van der Waals surface area (Å²) in [7, 11) is 0. The van der Waals surface area contributed by atoms with Gasteiger partial charge in [-0.15, -0.1) is 11.8 Å². The molecule has 1 aromatic rings. The summed E-state index contributed by atoms with van der Waals surface area (Å²) in [4.78, 5) is 21.9. The Balaban J connectivity index is 2.39. The Morgan fingerprint density at radius 2 is 2.00 bits per heavy atom. The van der Waals surface area contributed by atoms with Crippen molar-refractivity contribution >= 4 is 23.4 Å². The Morgan fingerprint density at radius 3 is 2.50 bits per heavy atom. The van der Waals surface area contributed by atoms with Crippen LogP contribution in [0.5, 0.6) is 0 Å². The van der Waals surface area contributed by atoms with Crippen LogP contribution >= 0.6 is 11.8 Å². The van der Waals surface area contributed by atoms with Gasteiger partial charge in [-0.25, -0.2) is 8.78 Å². The Morgan fingerprint density at radius 1 is 1.40 bits per heavy atom. The summed E-state index contributed by atoms with van der Waals surface area (Å²) in [5.74, 6) is -3.73. The Bertz CT molecular complexity index is 482. The molecule has 0 saturated carbocycles. The van der Waals surface area contributed by atoms with E-state index in [-0.39, 0.29) is 11.4 Å². The van der Waals surface area contributed by atoms with Crippen molar-refractivity contribution in [2.75, 3.05) is 18.8 Å². The van der Waals surface area contributed by atoms with Gasteiger partial charge >= 0.3 is 0 Å². The first-order chi connectivity index (χ1) is 9.34. The number of nitrogens with one attached hydrogen (secondary N) is 1. The van der Waals surface area contributed by atoms with Gasteiger partial charge < -0.3 is 11.1 Å². The molecule has 0 spiro atoms. The van der Waals surface area contributed by atoms with Crippen molar-refractivity contribution in [1.29, 1.82) is 0 Å². The number of nitro groups is 1. The third-order valence-corrected chi connectivity index (χ3v) is 3.27. The van der Waals surface area contributed by atoms with Crippen molar-refractivity contribution in [3.8, 4) is 0 Å². The van der Waals surface area contributed by atoms with Crippen LogP contribution in [0.25, 0.3) is 0 Å². The number of thioether (sulfide) groups is 1. The normalized spacial score (nSPS) is 11.2. The largest absolute Gasteiger partial charge is 0.349 e. The highest BCUT2D eigenvalue weighted by Gasteiger charge is 2.26. The lowest BCUT2D eigenvalue weighted by molar-refractivity contribution is -0.384. The second kappa shape index (κ2) is 7.15. The molecule has 0 aliphatic heterocycles. The molecular formula is C11H13F2N3O3S. The van der Waals surface area contributed by atoms with Gasteiger partial charge in [-0.2, -0.15) is 0 Å². The van der Waals surface area contributed by atoms with E-state index in [1.54, 1.807) is 0 Å². The van der Waals surface area contributed by atoms with Gasteiger partial charge in [0.05, 0.1) is 23.8 Å². The van der Waals surface area contributed by atoms with Gasteiger partial charge in [0.2, 0.25) is 5.91 Å². The van der Waals surface area contributed by atoms with Gasteiger partial charge in [0.15, 0.2) is 0 Å². The number of hydrogen-bond donors (Lipinski definition) is 2. The van der Waals surface area contributed by atoms with Crippen molar-refractivity contribution in [3.05, 3.63) is 34.4 Å². The summed E-state index contributed by atoms with van der Waals surface area (Å²) in [6.07, 6.45) is 0. The van der Waals surface area contributed by atoms with Crippen LogP contribution in [0, 0.1) is 10.1 Å². The second-order valence-electron chi connectivity index (χ2n) is 3.88. The van der Waals surface area contributed by atoms with Crippen molar-refractivity contribution in [1.82, 2.24) is 5.32 Å². The number of alkyl halides is 2. The molecule has 3 N–H and O–H groups in total. The highest BCUT2D eigenvalue weighted by atomic mass is 32.2. The number of benzene rings is 1. The summed E-state index contributed by atoms with van der Waals surface area (Å²) in [6, 6.07) is 5.60. The minimum Gasteiger partial charge on any atom is -0.349 e. The number of nitrogens with two attached hydrogens (primary N) is 1. The molecule has 0 aliphatic rings. The number of non-ortho nitro benzene ring substituents is 1. The SMILES string of the molecule is NCC(F)(F)CNC(=O)CSc1ccc([N+](=O)[O-])cc1. The van der Waals surface area contributed by atoms with Gasteiger partial charge in [0, 0.05) is 17.0 Å². The van der Waals surface area contributed by atoms with Crippen LogP contribution in [0.4, 0.5) is 14.5 Å². The van der Waals surface area contributed by atoms with E-state index in [0.29, 0.717) is 4.90 Å². The molecule has 0 aromatic heterocycles. The number of nitro benzene ring substituents is 1. The standard InChI is InChI=1S/C11H13F2N3O3S/c12-11(13,6-14)7-15-10(17)5-20-9-3-1-8(2-4-9)16(18)19/h1-4H,5-7,14H2,(H,15,17). The van der Waals surface area contributed by atoms with Crippen LogP contribution in [0.15, 0.2) is 29.2 Å². The molecule has 20 heavy (non-hydrogen) atoms. The number of hydrogen-bond acceptors (Lipinski definition) is 5. The molecule has 0 radical (unpaired) electrons. The molecule has 1 amide bonds. The molecule has 1 rings (SSSR count). The molecule has 9 heteroatoms. The second-order valence-corrected chi connectivity index (χ2v) is 4.93. The number of rotatable bonds is 7. The average molecular weight is 305 g/mol. The van der Waals surface area contributed by atoms with E-state index >= 15 is 0 Å². The first-order valence-electron chi connectivity index (χ1n) is 5.56. The van der Waals surface area contributed by atoms with E-state index in [1.807, 2.05) is 0 Å². The predicted molar refractivity (Wildman–Crippen MR) is 70.8 cm³/mol. The van der Waals surface area contributed by atoms with E-state index < -0.39 is 29.8 Å². The monoisotopic (exact) mass is 305 g/mol. The summed E-state index contributed by atoms with van der Waals surface area (Å²) in [5.41, 5.74) is 4.78. The highest BCUT2D eigenvalue weighted by Crippen LogP contribution is 2.21. The van der Waals surface area contributed by atoms with Gasteiger partial charge in [-0.05, 0) is 12.1 Å². The smallest absolute Gasteiger partial charge is 0.277 e. The molecule has 0 aliphatic carbocycles. The molecule has 0 heterocycles. The lowest BCUT2D eigenvalue weighted by Crippen LogP contribution is -2.42. The first kappa shape index (κ1) is 16.3. The third kappa shape index (κ3) is 5.49. The summed E-state index contributed by atoms with van der Waals surface area (Å²) < 4.78 is 25.6. The number of carbonyl (C=O) groups is 1. The van der Waals surface area contributed by atoms with E-state index in [1.165, 1.54) is 24.3 Å². The fourth-order valence-electron chi connectivity index (χ4n) is 1.16. The van der Waals surface area contributed by atoms with E-state index in [4.69, 9.17) is 5.73 Å². The van der Waals surface area contributed by atoms with E-state index in [0.717, 1.165) is 11.8 Å². The van der Waals surface area contributed by atoms with Crippen molar-refractivity contribution in [2.45, 2.75) is 10.8 Å². The predicted octanol–water partition coefficient (Wildman–Crippen LogP) is 1.40. The molecule has 0 atom stereocenters. The minimum atomic E-state index is -3.12. The quantitative estimate of drug-likeness (QED) is 0.451. The molecule has 0 saturated heterocycles. The third-order valence-electron chi connectivity index (χ3n) is 2.26. The van der Waals surface area contributed by atoms with Gasteiger partial charge in [0.1, 0.15) is 0 Å². The number of halogens is 2. The molecule has 110 valence electrons. The molecule has 0 fully saturated rings. The maximum atomic E-state index is 12.8. The van der Waals surface area contributed by atoms with Gasteiger partial charge in [-0.1, -0.05) is 0 Å². The Labute approximate surface area is 117 Å². The van der Waals surface area contributed by atoms with Crippen LogP contribution in [-0.2, 0) is 4.79 Å². The fraction of sp³-hybridized carbons (Fsp3) is 0.364. The number of carbonyl (C=O) groups excluding carboxylic acids is 1. The Kier molecular flexibility index (Phi) is 5.83. The lowest BCUT2D eigenvalue weighted by Gasteiger charge is -2.14. The van der Waals surface area contributed by atoms with Crippen LogP contribution in [0.3, 0.4) is 0 Å². The number of amides is 1. The van der Waals surface area contributed by atoms with Crippen LogP contribution < -0.4 is 11.1 Å². The summed E-state index contributed by atoms with van der Waals surface area (Å²) >= 11 is 1.10. The maximum absolute atomic E-state index is 12.8. The van der Waals surface area contributed by atoms with Gasteiger partial charge in [0.25, 0.3) is 11.6 Å². The molecular weight excluding hydrogens is 292 g/mol. The zero-order valence-electron chi connectivity index (χ0n) is 10.3. The van der Waals surface area contributed by atoms with Crippen LogP contribution in [0.1, 0.15) is 0 Å². The van der Waals surface area contributed by atoms with Crippen molar-refractivity contribution in [2.24, 2.45) is 5.73 Å². The summed E-state index contributed by atoms with van der Waals surface area (Å²) in [5, 5.41) is 12.5. The maximum Gasteiger partial charge on any atom is 0.277 e. The molecule has 6 nitrogen and oxygen atoms in total.